The van der Waals surface area contributed by atoms with Crippen molar-refractivity contribution in [2.45, 2.75) is 52.4 Å². The lowest BCUT2D eigenvalue weighted by Crippen LogP contribution is -2.10. The first kappa shape index (κ1) is 17.6. The second-order valence-electron chi connectivity index (χ2n) is 8.99. The van der Waals surface area contributed by atoms with Crippen molar-refractivity contribution >= 4 is 0 Å². The molecule has 25 heavy (non-hydrogen) atoms. The molecule has 0 amide bonds. The lowest BCUT2D eigenvalue weighted by atomic mass is 9.85. The third-order valence-electron chi connectivity index (χ3n) is 4.81. The molecule has 0 heterocycles. The molecule has 0 saturated heterocycles. The largest absolute Gasteiger partial charge is 0.0861 e. The molecule has 3 aliphatic rings. The van der Waals surface area contributed by atoms with Crippen LogP contribution < -0.4 is 0 Å². The van der Waals surface area contributed by atoms with E-state index in [1.54, 1.807) is 0 Å². The van der Waals surface area contributed by atoms with Crippen LogP contribution in [0.25, 0.3) is 11.1 Å². The molecule has 0 radical (unpaired) electrons. The van der Waals surface area contributed by atoms with Crippen LogP contribution in [0.15, 0.2) is 54.6 Å². The summed E-state index contributed by atoms with van der Waals surface area (Å²) >= 11 is 0. The van der Waals surface area contributed by atoms with Crippen molar-refractivity contribution in [3.05, 3.63) is 71.3 Å². The van der Waals surface area contributed by atoms with Gasteiger partial charge >= 0.3 is 0 Å². The molecule has 0 N–H and O–H groups in total. The van der Waals surface area contributed by atoms with E-state index < -0.39 is 0 Å². The van der Waals surface area contributed by atoms with Gasteiger partial charge in [-0.2, -0.15) is 0 Å². The van der Waals surface area contributed by atoms with Gasteiger partial charge in [-0.3, -0.25) is 0 Å². The van der Waals surface area contributed by atoms with Gasteiger partial charge in [0.15, 0.2) is 0 Å². The summed E-state index contributed by atoms with van der Waals surface area (Å²) in [5.74, 6) is 7.07. The maximum atomic E-state index is 3.44. The molecule has 0 atom stereocenters. The molecule has 0 spiro atoms. The smallest absolute Gasteiger partial charge is 0.0573 e. The summed E-state index contributed by atoms with van der Waals surface area (Å²) in [6.45, 7) is 13.6. The molecular weight excluding hydrogens is 300 g/mol. The third kappa shape index (κ3) is 3.72. The standard InChI is InChI=1S/C25H28/c1-24(2,3)20-13-15-21-19(12-11-18-9-7-8-10-18)17-23(25(4,5)6)22(21)16-14-20/h7-10,13-18H,1-6H3. The highest BCUT2D eigenvalue weighted by Crippen LogP contribution is 2.39. The van der Waals surface area contributed by atoms with Gasteiger partial charge in [0.1, 0.15) is 0 Å². The summed E-state index contributed by atoms with van der Waals surface area (Å²) in [5, 5.41) is 0. The van der Waals surface area contributed by atoms with E-state index in [4.69, 9.17) is 0 Å². The zero-order valence-electron chi connectivity index (χ0n) is 16.3. The molecular formula is C25H28. The number of fused-ring (bicyclic) bond motifs is 1. The third-order valence-corrected chi connectivity index (χ3v) is 4.81. The molecule has 0 saturated carbocycles. The maximum absolute atomic E-state index is 3.44. The topological polar surface area (TPSA) is 0 Å². The van der Waals surface area contributed by atoms with Crippen LogP contribution in [0.5, 0.6) is 0 Å². The average Bonchev–Trinajstić information content (AvgIpc) is 3.06. The minimum atomic E-state index is 0.0988. The number of hydrogen-bond acceptors (Lipinski definition) is 0. The molecule has 128 valence electrons. The first-order chi connectivity index (χ1) is 11.7. The van der Waals surface area contributed by atoms with Gasteiger partial charge in [-0.1, -0.05) is 102 Å². The Morgan fingerprint density at radius 1 is 0.760 bits per heavy atom. The van der Waals surface area contributed by atoms with Crippen LogP contribution in [0.3, 0.4) is 0 Å². The Kier molecular flexibility index (Phi) is 4.38. The van der Waals surface area contributed by atoms with E-state index in [9.17, 15) is 0 Å². The molecule has 3 rings (SSSR count). The van der Waals surface area contributed by atoms with Gasteiger partial charge in [0.2, 0.25) is 0 Å². The summed E-state index contributed by atoms with van der Waals surface area (Å²) in [4.78, 5) is 0. The molecule has 0 unspecified atom stereocenters. The molecule has 0 nitrogen and oxygen atoms in total. The summed E-state index contributed by atoms with van der Waals surface area (Å²) in [7, 11) is 0. The summed E-state index contributed by atoms with van der Waals surface area (Å²) in [6, 6.07) is 11.4. The van der Waals surface area contributed by atoms with E-state index in [0.29, 0.717) is 0 Å². The normalized spacial score (nSPS) is 14.8. The number of rotatable bonds is 0. The highest BCUT2D eigenvalue weighted by atomic mass is 14.3. The van der Waals surface area contributed by atoms with Crippen molar-refractivity contribution in [3.63, 3.8) is 0 Å². The minimum absolute atomic E-state index is 0.0988. The maximum Gasteiger partial charge on any atom is 0.0573 e. The minimum Gasteiger partial charge on any atom is -0.0861 e. The van der Waals surface area contributed by atoms with Crippen molar-refractivity contribution in [2.75, 3.05) is 0 Å². The average molecular weight is 328 g/mol. The van der Waals surface area contributed by atoms with Gasteiger partial charge in [0.05, 0.1) is 5.92 Å². The van der Waals surface area contributed by atoms with E-state index in [-0.39, 0.29) is 16.7 Å². The molecule has 0 fully saturated rings. The van der Waals surface area contributed by atoms with E-state index in [2.05, 4.69) is 108 Å². The van der Waals surface area contributed by atoms with Crippen molar-refractivity contribution < 1.29 is 0 Å². The van der Waals surface area contributed by atoms with Gasteiger partial charge < -0.3 is 0 Å². The Morgan fingerprint density at radius 3 is 1.92 bits per heavy atom. The van der Waals surface area contributed by atoms with Gasteiger partial charge in [-0.05, 0) is 39.2 Å². The molecule has 0 aromatic rings. The van der Waals surface area contributed by atoms with E-state index in [1.807, 2.05) is 0 Å². The van der Waals surface area contributed by atoms with Crippen LogP contribution in [0, 0.1) is 17.8 Å². The zero-order valence-corrected chi connectivity index (χ0v) is 16.3. The van der Waals surface area contributed by atoms with Crippen molar-refractivity contribution in [1.82, 2.24) is 0 Å². The Hall–Kier alpha value is -2.26. The lowest BCUT2D eigenvalue weighted by Gasteiger charge is -2.19. The van der Waals surface area contributed by atoms with Crippen LogP contribution in [-0.2, 0) is 10.8 Å². The fourth-order valence-electron chi connectivity index (χ4n) is 3.26. The number of allylic oxidation sites excluding steroid dienone is 4. The Morgan fingerprint density at radius 2 is 1.36 bits per heavy atom. The quantitative estimate of drug-likeness (QED) is 0.485. The predicted molar refractivity (Wildman–Crippen MR) is 109 cm³/mol. The molecule has 0 aliphatic heterocycles. The lowest BCUT2D eigenvalue weighted by molar-refractivity contribution is 0.590. The van der Waals surface area contributed by atoms with E-state index in [1.165, 1.54) is 22.3 Å². The zero-order chi connectivity index (χ0) is 18.2. The van der Waals surface area contributed by atoms with Gasteiger partial charge in [-0.25, -0.2) is 0 Å². The summed E-state index contributed by atoms with van der Waals surface area (Å²) < 4.78 is 0. The summed E-state index contributed by atoms with van der Waals surface area (Å²) in [6.07, 6.45) is 8.41. The first-order valence-corrected chi connectivity index (χ1v) is 9.10. The molecule has 0 bridgehead atoms. The van der Waals surface area contributed by atoms with Crippen LogP contribution >= 0.6 is 0 Å². The molecule has 0 aromatic carbocycles. The predicted octanol–water partition coefficient (Wildman–Crippen LogP) is 6.48. The van der Waals surface area contributed by atoms with E-state index >= 15 is 0 Å². The first-order valence-electron chi connectivity index (χ1n) is 9.10. The molecule has 0 heteroatoms. The highest BCUT2D eigenvalue weighted by Gasteiger charge is 2.24. The van der Waals surface area contributed by atoms with Crippen LogP contribution in [0.1, 0.15) is 58.2 Å². The second kappa shape index (κ2) is 6.23. The highest BCUT2D eigenvalue weighted by molar-refractivity contribution is 5.79. The monoisotopic (exact) mass is 328 g/mol. The van der Waals surface area contributed by atoms with Crippen LogP contribution in [-0.4, -0.2) is 0 Å². The second-order valence-corrected chi connectivity index (χ2v) is 8.99. The van der Waals surface area contributed by atoms with Crippen molar-refractivity contribution in [2.24, 2.45) is 5.92 Å². The van der Waals surface area contributed by atoms with Gasteiger partial charge in [0.25, 0.3) is 0 Å². The summed E-state index contributed by atoms with van der Waals surface area (Å²) in [5.41, 5.74) is 6.70. The Labute approximate surface area is 153 Å². The fourth-order valence-corrected chi connectivity index (χ4v) is 3.26. The number of hydrogen-bond donors (Lipinski definition) is 0. The van der Waals surface area contributed by atoms with Crippen molar-refractivity contribution in [3.8, 4) is 23.0 Å². The fraction of sp³-hybridized carbons (Fsp3) is 0.360. The van der Waals surface area contributed by atoms with Gasteiger partial charge in [-0.15, -0.1) is 0 Å². The SMILES string of the molecule is CC(C)(C)c1ccc2c(C#CC3C=CC=C3)cc(C(C)(C)C)c-2cc1. The molecule has 3 aliphatic carbocycles. The molecule has 0 aromatic heterocycles. The Balaban J connectivity index is 2.17. The van der Waals surface area contributed by atoms with Crippen LogP contribution in [0.2, 0.25) is 0 Å². The van der Waals surface area contributed by atoms with Gasteiger partial charge in [0, 0.05) is 5.56 Å². The Bertz CT molecular complexity index is 855. The van der Waals surface area contributed by atoms with Crippen molar-refractivity contribution in [1.29, 1.82) is 0 Å². The van der Waals surface area contributed by atoms with Crippen LogP contribution in [0.4, 0.5) is 0 Å². The van der Waals surface area contributed by atoms with E-state index in [0.717, 1.165) is 5.56 Å².